The summed E-state index contributed by atoms with van der Waals surface area (Å²) in [5, 5.41) is 11.7. The number of carbonyl (C=O) groups is 2. The molecule has 1 saturated heterocycles. The lowest BCUT2D eigenvalue weighted by atomic mass is 9.87. The molecule has 0 spiro atoms. The largest absolute Gasteiger partial charge is 0.481 e. The lowest BCUT2D eigenvalue weighted by molar-refractivity contribution is -0.138. The molecule has 1 rings (SSSR count). The third-order valence-electron chi connectivity index (χ3n) is 3.15. The van der Waals surface area contributed by atoms with E-state index in [0.29, 0.717) is 12.8 Å². The van der Waals surface area contributed by atoms with Gasteiger partial charge in [-0.05, 0) is 31.6 Å². The first-order chi connectivity index (χ1) is 8.67. The van der Waals surface area contributed by atoms with E-state index in [1.807, 2.05) is 27.7 Å². The standard InChI is InChI=1S/C14H25NO4/c1-9-5-6-11(19-9)13(18)15-10(7-12(16)17)8-14(2,3)4/h9-11H,5-8H2,1-4H3,(H,15,18)(H,16,17). The second-order valence-corrected chi connectivity index (χ2v) is 6.58. The Labute approximate surface area is 114 Å². The minimum Gasteiger partial charge on any atom is -0.481 e. The molecule has 2 N–H and O–H groups in total. The normalized spacial score (nSPS) is 25.1. The van der Waals surface area contributed by atoms with Gasteiger partial charge in [-0.15, -0.1) is 0 Å². The van der Waals surface area contributed by atoms with Gasteiger partial charge in [-0.25, -0.2) is 0 Å². The van der Waals surface area contributed by atoms with Crippen molar-refractivity contribution < 1.29 is 19.4 Å². The van der Waals surface area contributed by atoms with E-state index in [-0.39, 0.29) is 29.9 Å². The summed E-state index contributed by atoms with van der Waals surface area (Å²) < 4.78 is 5.50. The van der Waals surface area contributed by atoms with Crippen LogP contribution in [0.1, 0.15) is 53.4 Å². The number of rotatable bonds is 5. The summed E-state index contributed by atoms with van der Waals surface area (Å²) in [6.07, 6.45) is 1.85. The summed E-state index contributed by atoms with van der Waals surface area (Å²) in [5.74, 6) is -1.07. The Kier molecular flexibility index (Phi) is 5.35. The number of aliphatic carboxylic acids is 1. The molecule has 1 aliphatic heterocycles. The zero-order valence-corrected chi connectivity index (χ0v) is 12.2. The van der Waals surface area contributed by atoms with E-state index in [1.165, 1.54) is 0 Å². The van der Waals surface area contributed by atoms with Gasteiger partial charge in [-0.3, -0.25) is 9.59 Å². The van der Waals surface area contributed by atoms with Crippen LogP contribution in [0.4, 0.5) is 0 Å². The molecule has 3 atom stereocenters. The average Bonchev–Trinajstić information content (AvgIpc) is 2.60. The maximum Gasteiger partial charge on any atom is 0.305 e. The maximum absolute atomic E-state index is 12.0. The lowest BCUT2D eigenvalue weighted by Gasteiger charge is -2.26. The van der Waals surface area contributed by atoms with Crippen LogP contribution in [-0.2, 0) is 14.3 Å². The van der Waals surface area contributed by atoms with Gasteiger partial charge >= 0.3 is 5.97 Å². The molecule has 19 heavy (non-hydrogen) atoms. The van der Waals surface area contributed by atoms with Gasteiger partial charge in [-0.1, -0.05) is 20.8 Å². The molecule has 0 aromatic carbocycles. The third-order valence-corrected chi connectivity index (χ3v) is 3.15. The highest BCUT2D eigenvalue weighted by molar-refractivity contribution is 5.82. The fourth-order valence-electron chi connectivity index (χ4n) is 2.41. The molecular formula is C14H25NO4. The Hall–Kier alpha value is -1.10. The number of nitrogens with one attached hydrogen (secondary N) is 1. The van der Waals surface area contributed by atoms with Gasteiger partial charge in [-0.2, -0.15) is 0 Å². The van der Waals surface area contributed by atoms with Crippen molar-refractivity contribution in [1.82, 2.24) is 5.32 Å². The van der Waals surface area contributed by atoms with Crippen LogP contribution in [0.2, 0.25) is 0 Å². The SMILES string of the molecule is CC1CCC(C(=O)NC(CC(=O)O)CC(C)(C)C)O1. The van der Waals surface area contributed by atoms with Gasteiger partial charge in [0.05, 0.1) is 12.5 Å². The van der Waals surface area contributed by atoms with Gasteiger partial charge in [0.1, 0.15) is 6.10 Å². The van der Waals surface area contributed by atoms with Crippen molar-refractivity contribution in [3.05, 3.63) is 0 Å². The van der Waals surface area contributed by atoms with Crippen molar-refractivity contribution in [2.75, 3.05) is 0 Å². The molecule has 1 fully saturated rings. The quantitative estimate of drug-likeness (QED) is 0.801. The minimum absolute atomic E-state index is 0.0305. The van der Waals surface area contributed by atoms with Crippen LogP contribution >= 0.6 is 0 Å². The van der Waals surface area contributed by atoms with Crippen molar-refractivity contribution in [3.8, 4) is 0 Å². The molecule has 3 unspecified atom stereocenters. The fraction of sp³-hybridized carbons (Fsp3) is 0.857. The van der Waals surface area contributed by atoms with Gasteiger partial charge in [0.15, 0.2) is 0 Å². The Morgan fingerprint density at radius 1 is 1.37 bits per heavy atom. The smallest absolute Gasteiger partial charge is 0.305 e. The molecule has 0 bridgehead atoms. The predicted molar refractivity (Wildman–Crippen MR) is 71.8 cm³/mol. The van der Waals surface area contributed by atoms with E-state index < -0.39 is 12.1 Å². The molecule has 0 radical (unpaired) electrons. The number of carboxylic acid groups (broad SMARTS) is 1. The molecule has 5 nitrogen and oxygen atoms in total. The van der Waals surface area contributed by atoms with Crippen LogP contribution in [-0.4, -0.2) is 35.2 Å². The number of ether oxygens (including phenoxy) is 1. The topological polar surface area (TPSA) is 75.6 Å². The summed E-state index contributed by atoms with van der Waals surface area (Å²) in [6, 6.07) is -0.343. The second-order valence-electron chi connectivity index (χ2n) is 6.58. The van der Waals surface area contributed by atoms with E-state index in [0.717, 1.165) is 6.42 Å². The molecular weight excluding hydrogens is 246 g/mol. The first kappa shape index (κ1) is 16.0. The van der Waals surface area contributed by atoms with E-state index in [9.17, 15) is 9.59 Å². The van der Waals surface area contributed by atoms with Crippen LogP contribution in [0.5, 0.6) is 0 Å². The Balaban J connectivity index is 2.56. The van der Waals surface area contributed by atoms with E-state index in [1.54, 1.807) is 0 Å². The molecule has 5 heteroatoms. The van der Waals surface area contributed by atoms with Gasteiger partial charge < -0.3 is 15.2 Å². The average molecular weight is 271 g/mol. The molecule has 0 aromatic heterocycles. The summed E-state index contributed by atoms with van der Waals surface area (Å²) >= 11 is 0. The lowest BCUT2D eigenvalue weighted by Crippen LogP contribution is -2.44. The van der Waals surface area contributed by atoms with E-state index in [4.69, 9.17) is 9.84 Å². The van der Waals surface area contributed by atoms with Crippen molar-refractivity contribution in [1.29, 1.82) is 0 Å². The highest BCUT2D eigenvalue weighted by atomic mass is 16.5. The molecule has 0 aliphatic carbocycles. The van der Waals surface area contributed by atoms with Crippen LogP contribution in [0.15, 0.2) is 0 Å². The van der Waals surface area contributed by atoms with Gasteiger partial charge in [0.25, 0.3) is 0 Å². The highest BCUT2D eigenvalue weighted by Gasteiger charge is 2.31. The molecule has 110 valence electrons. The minimum atomic E-state index is -0.893. The molecule has 0 aromatic rings. The van der Waals surface area contributed by atoms with Gasteiger partial charge in [0, 0.05) is 6.04 Å². The Morgan fingerprint density at radius 2 is 2.00 bits per heavy atom. The van der Waals surface area contributed by atoms with E-state index in [2.05, 4.69) is 5.32 Å². The number of hydrogen-bond donors (Lipinski definition) is 2. The number of carboxylic acids is 1. The van der Waals surface area contributed by atoms with Crippen molar-refractivity contribution in [3.63, 3.8) is 0 Å². The van der Waals surface area contributed by atoms with Crippen LogP contribution < -0.4 is 5.32 Å². The zero-order valence-electron chi connectivity index (χ0n) is 12.2. The van der Waals surface area contributed by atoms with Crippen LogP contribution in [0.3, 0.4) is 0 Å². The first-order valence-electron chi connectivity index (χ1n) is 6.85. The Bertz CT molecular complexity index is 335. The van der Waals surface area contributed by atoms with Crippen molar-refractivity contribution >= 4 is 11.9 Å². The zero-order chi connectivity index (χ0) is 14.6. The summed E-state index contributed by atoms with van der Waals surface area (Å²) in [5.41, 5.74) is -0.0305. The van der Waals surface area contributed by atoms with Crippen molar-refractivity contribution in [2.45, 2.75) is 71.6 Å². The molecule has 1 aliphatic rings. The third kappa shape index (κ3) is 6.05. The maximum atomic E-state index is 12.0. The highest BCUT2D eigenvalue weighted by Crippen LogP contribution is 2.23. The number of carbonyl (C=O) groups excluding carboxylic acids is 1. The monoisotopic (exact) mass is 271 g/mol. The number of amides is 1. The Morgan fingerprint density at radius 3 is 2.42 bits per heavy atom. The first-order valence-corrected chi connectivity index (χ1v) is 6.85. The summed E-state index contributed by atoms with van der Waals surface area (Å²) in [7, 11) is 0. The van der Waals surface area contributed by atoms with E-state index >= 15 is 0 Å². The summed E-state index contributed by atoms with van der Waals surface area (Å²) in [4.78, 5) is 22.9. The molecule has 1 heterocycles. The van der Waals surface area contributed by atoms with Crippen LogP contribution in [0, 0.1) is 5.41 Å². The molecule has 1 amide bonds. The number of hydrogen-bond acceptors (Lipinski definition) is 3. The van der Waals surface area contributed by atoms with Crippen molar-refractivity contribution in [2.24, 2.45) is 5.41 Å². The van der Waals surface area contributed by atoms with Crippen LogP contribution in [0.25, 0.3) is 0 Å². The molecule has 0 saturated carbocycles. The summed E-state index contributed by atoms with van der Waals surface area (Å²) in [6.45, 7) is 8.03. The predicted octanol–water partition coefficient (Wildman–Crippen LogP) is 1.95. The fourth-order valence-corrected chi connectivity index (χ4v) is 2.41. The second kappa shape index (κ2) is 6.37. The van der Waals surface area contributed by atoms with Gasteiger partial charge in [0.2, 0.25) is 5.91 Å².